The number of hydrogen-bond acceptors (Lipinski definition) is 3. The molecule has 0 unspecified atom stereocenters. The lowest BCUT2D eigenvalue weighted by Gasteiger charge is -2.23. The molecule has 0 radical (unpaired) electrons. The number of nitrogens with zero attached hydrogens (tertiary/aromatic N) is 1. The Morgan fingerprint density at radius 1 is 1.27 bits per heavy atom. The lowest BCUT2D eigenvalue weighted by molar-refractivity contribution is 0.537. The van der Waals surface area contributed by atoms with E-state index < -0.39 is 0 Å². The van der Waals surface area contributed by atoms with Gasteiger partial charge >= 0.3 is 0 Å². The van der Waals surface area contributed by atoms with E-state index in [1.165, 1.54) is 0 Å². The van der Waals surface area contributed by atoms with Crippen LogP contribution in [0.3, 0.4) is 0 Å². The Bertz CT molecular complexity index is 592. The summed E-state index contributed by atoms with van der Waals surface area (Å²) in [6.07, 6.45) is 2.12. The van der Waals surface area contributed by atoms with Gasteiger partial charge < -0.3 is 15.1 Å². The molecule has 0 saturated heterocycles. The zero-order valence-electron chi connectivity index (χ0n) is 13.5. The van der Waals surface area contributed by atoms with Gasteiger partial charge in [-0.15, -0.1) is 24.0 Å². The molecule has 0 spiro atoms. The summed E-state index contributed by atoms with van der Waals surface area (Å²) in [5.41, 5.74) is 0.917. The van der Waals surface area contributed by atoms with E-state index in [4.69, 9.17) is 4.42 Å². The van der Waals surface area contributed by atoms with Crippen LogP contribution in [0.5, 0.6) is 0 Å². The molecule has 0 aliphatic heterocycles. The molecule has 6 heteroatoms. The minimum Gasteiger partial charge on any atom is -0.459 e. The summed E-state index contributed by atoms with van der Waals surface area (Å²) in [6.45, 7) is 5.89. The van der Waals surface area contributed by atoms with Crippen LogP contribution in [0.4, 0.5) is 0 Å². The standard InChI is InChI=1S/C16H23N3OS.HI/c1-16(2,21-4)11-19-15(17-3)18-10-13-9-12-7-5-6-8-14(12)20-13;/h5-9H,10-11H2,1-4H3,(H2,17,18,19);1H. The number of furan rings is 1. The largest absolute Gasteiger partial charge is 0.459 e. The van der Waals surface area contributed by atoms with Crippen LogP contribution < -0.4 is 10.6 Å². The van der Waals surface area contributed by atoms with Crippen molar-refractivity contribution in [2.75, 3.05) is 19.8 Å². The predicted octanol–water partition coefficient (Wildman–Crippen LogP) is 3.86. The van der Waals surface area contributed by atoms with Gasteiger partial charge in [-0.3, -0.25) is 4.99 Å². The molecule has 4 nitrogen and oxygen atoms in total. The molecule has 0 amide bonds. The Kier molecular flexibility index (Phi) is 7.55. The smallest absolute Gasteiger partial charge is 0.191 e. The third-order valence-corrected chi connectivity index (χ3v) is 4.61. The van der Waals surface area contributed by atoms with E-state index in [0.29, 0.717) is 6.54 Å². The predicted molar refractivity (Wildman–Crippen MR) is 107 cm³/mol. The van der Waals surface area contributed by atoms with E-state index in [2.05, 4.69) is 47.9 Å². The molecule has 0 saturated carbocycles. The van der Waals surface area contributed by atoms with Crippen LogP contribution in [0.2, 0.25) is 0 Å². The summed E-state index contributed by atoms with van der Waals surface area (Å²) in [4.78, 5) is 4.24. The van der Waals surface area contributed by atoms with Crippen molar-refractivity contribution in [1.82, 2.24) is 10.6 Å². The Morgan fingerprint density at radius 2 is 2.00 bits per heavy atom. The van der Waals surface area contributed by atoms with Crippen molar-refractivity contribution < 1.29 is 4.42 Å². The number of benzene rings is 1. The number of thioether (sulfide) groups is 1. The van der Waals surface area contributed by atoms with E-state index in [1.54, 1.807) is 7.05 Å². The van der Waals surface area contributed by atoms with E-state index in [0.717, 1.165) is 29.2 Å². The quantitative estimate of drug-likeness (QED) is 0.427. The van der Waals surface area contributed by atoms with Gasteiger partial charge in [0.25, 0.3) is 0 Å². The molecule has 2 rings (SSSR count). The van der Waals surface area contributed by atoms with Crippen LogP contribution in [0.15, 0.2) is 39.7 Å². The summed E-state index contributed by atoms with van der Waals surface area (Å²) >= 11 is 1.83. The zero-order chi connectivity index (χ0) is 15.3. The average molecular weight is 433 g/mol. The SMILES string of the molecule is CN=C(NCc1cc2ccccc2o1)NCC(C)(C)SC.I. The number of fused-ring (bicyclic) bond motifs is 1. The molecule has 0 aliphatic carbocycles. The fourth-order valence-corrected chi connectivity index (χ4v) is 2.10. The van der Waals surface area contributed by atoms with Crippen LogP contribution in [0.1, 0.15) is 19.6 Å². The Hall–Kier alpha value is -0.890. The number of nitrogens with one attached hydrogen (secondary N) is 2. The van der Waals surface area contributed by atoms with E-state index in [9.17, 15) is 0 Å². The van der Waals surface area contributed by atoms with Crippen LogP contribution in [0.25, 0.3) is 11.0 Å². The van der Waals surface area contributed by atoms with Gasteiger partial charge in [0.1, 0.15) is 11.3 Å². The number of hydrogen-bond donors (Lipinski definition) is 2. The Labute approximate surface area is 153 Å². The summed E-state index contributed by atoms with van der Waals surface area (Å²) in [5, 5.41) is 7.75. The number of guanidine groups is 1. The van der Waals surface area contributed by atoms with Crippen LogP contribution in [-0.2, 0) is 6.54 Å². The second-order valence-corrected chi connectivity index (χ2v) is 7.01. The van der Waals surface area contributed by atoms with Crippen LogP contribution >= 0.6 is 35.7 Å². The molecule has 22 heavy (non-hydrogen) atoms. The summed E-state index contributed by atoms with van der Waals surface area (Å²) in [7, 11) is 1.78. The van der Waals surface area contributed by atoms with Crippen LogP contribution in [-0.4, -0.2) is 30.6 Å². The monoisotopic (exact) mass is 433 g/mol. The fraction of sp³-hybridized carbons (Fsp3) is 0.438. The number of aliphatic imine (C=N–C) groups is 1. The van der Waals surface area contributed by atoms with Gasteiger partial charge in [-0.1, -0.05) is 18.2 Å². The first-order chi connectivity index (χ1) is 10.0. The molecule has 0 atom stereocenters. The molecular weight excluding hydrogens is 409 g/mol. The maximum atomic E-state index is 5.78. The van der Waals surface area contributed by atoms with Gasteiger partial charge in [0.05, 0.1) is 6.54 Å². The van der Waals surface area contributed by atoms with Gasteiger partial charge in [0.15, 0.2) is 5.96 Å². The van der Waals surface area contributed by atoms with Gasteiger partial charge in [-0.2, -0.15) is 11.8 Å². The zero-order valence-corrected chi connectivity index (χ0v) is 16.6. The number of halogens is 1. The normalized spacial score (nSPS) is 12.1. The second kappa shape index (κ2) is 8.67. The highest BCUT2D eigenvalue weighted by Crippen LogP contribution is 2.20. The van der Waals surface area contributed by atoms with Crippen molar-refractivity contribution in [3.63, 3.8) is 0 Å². The molecule has 0 bridgehead atoms. The fourth-order valence-electron chi connectivity index (χ4n) is 1.88. The molecule has 2 aromatic rings. The Morgan fingerprint density at radius 3 is 2.64 bits per heavy atom. The molecule has 2 N–H and O–H groups in total. The second-order valence-electron chi connectivity index (χ2n) is 5.49. The Balaban J connectivity index is 0.00000242. The van der Waals surface area contributed by atoms with Gasteiger partial charge in [-0.25, -0.2) is 0 Å². The van der Waals surface area contributed by atoms with Crippen molar-refractivity contribution >= 4 is 52.7 Å². The van der Waals surface area contributed by atoms with Crippen molar-refractivity contribution in [1.29, 1.82) is 0 Å². The maximum absolute atomic E-state index is 5.78. The highest BCUT2D eigenvalue weighted by Gasteiger charge is 2.16. The minimum absolute atomic E-state index is 0. The van der Waals surface area contributed by atoms with Crippen molar-refractivity contribution in [3.8, 4) is 0 Å². The topological polar surface area (TPSA) is 49.6 Å². The van der Waals surface area contributed by atoms with Gasteiger partial charge in [0.2, 0.25) is 0 Å². The molecule has 1 aromatic carbocycles. The van der Waals surface area contributed by atoms with Crippen LogP contribution in [0, 0.1) is 0 Å². The number of para-hydroxylation sites is 1. The first-order valence-electron chi connectivity index (χ1n) is 7.01. The minimum atomic E-state index is 0. The lowest BCUT2D eigenvalue weighted by Crippen LogP contribution is -2.42. The van der Waals surface area contributed by atoms with Crippen molar-refractivity contribution in [2.45, 2.75) is 25.1 Å². The molecule has 0 aliphatic rings. The first kappa shape index (κ1) is 19.2. The van der Waals surface area contributed by atoms with E-state index >= 15 is 0 Å². The lowest BCUT2D eigenvalue weighted by atomic mass is 10.2. The van der Waals surface area contributed by atoms with Crippen molar-refractivity contribution in [2.24, 2.45) is 4.99 Å². The number of rotatable bonds is 5. The van der Waals surface area contributed by atoms with E-state index in [1.807, 2.05) is 30.0 Å². The van der Waals surface area contributed by atoms with Crippen molar-refractivity contribution in [3.05, 3.63) is 36.1 Å². The first-order valence-corrected chi connectivity index (χ1v) is 8.24. The summed E-state index contributed by atoms with van der Waals surface area (Å²) < 4.78 is 5.96. The van der Waals surface area contributed by atoms with Gasteiger partial charge in [0, 0.05) is 23.7 Å². The molecule has 122 valence electrons. The highest BCUT2D eigenvalue weighted by atomic mass is 127. The summed E-state index contributed by atoms with van der Waals surface area (Å²) in [6, 6.07) is 10.1. The molecule has 1 heterocycles. The highest BCUT2D eigenvalue weighted by molar-refractivity contribution is 14.0. The molecular formula is C16H24IN3OS. The summed E-state index contributed by atoms with van der Waals surface area (Å²) in [5.74, 6) is 1.70. The molecule has 0 fully saturated rings. The maximum Gasteiger partial charge on any atom is 0.191 e. The van der Waals surface area contributed by atoms with E-state index in [-0.39, 0.29) is 28.7 Å². The third kappa shape index (κ3) is 5.39. The average Bonchev–Trinajstić information content (AvgIpc) is 2.90. The van der Waals surface area contributed by atoms with Gasteiger partial charge in [-0.05, 0) is 32.2 Å². The molecule has 1 aromatic heterocycles. The third-order valence-electron chi connectivity index (χ3n) is 3.36.